The molecule has 1 N–H and O–H groups in total. The number of methoxy groups -OCH3 is 1. The highest BCUT2D eigenvalue weighted by Crippen LogP contribution is 2.21. The first-order valence-corrected chi connectivity index (χ1v) is 5.10. The standard InChI is InChI=1S/C13H12N2O2/c1-17-12-2-3-13(16)10(8-12)9-15-11-4-6-14-7-5-11/h2-9,16H,1H3. The molecule has 1 heterocycles. The number of ether oxygens (including phenoxy) is 1. The lowest BCUT2D eigenvalue weighted by molar-refractivity contribution is 0.412. The first-order chi connectivity index (χ1) is 8.29. The average Bonchev–Trinajstić information content (AvgIpc) is 2.39. The monoisotopic (exact) mass is 228 g/mol. The van der Waals surface area contributed by atoms with E-state index in [9.17, 15) is 5.11 Å². The van der Waals surface area contributed by atoms with E-state index in [1.807, 2.05) is 0 Å². The van der Waals surface area contributed by atoms with E-state index in [4.69, 9.17) is 4.74 Å². The molecule has 0 aliphatic rings. The Balaban J connectivity index is 2.26. The van der Waals surface area contributed by atoms with Crippen LogP contribution in [0.25, 0.3) is 0 Å². The molecule has 0 aliphatic heterocycles. The summed E-state index contributed by atoms with van der Waals surface area (Å²) in [6.45, 7) is 0. The van der Waals surface area contributed by atoms with Crippen LogP contribution < -0.4 is 4.74 Å². The fourth-order valence-electron chi connectivity index (χ4n) is 1.34. The average molecular weight is 228 g/mol. The fraction of sp³-hybridized carbons (Fsp3) is 0.0769. The molecule has 0 bridgehead atoms. The third kappa shape index (κ3) is 2.81. The van der Waals surface area contributed by atoms with Crippen molar-refractivity contribution in [3.8, 4) is 11.5 Å². The summed E-state index contributed by atoms with van der Waals surface area (Å²) in [5.74, 6) is 0.850. The minimum absolute atomic E-state index is 0.170. The summed E-state index contributed by atoms with van der Waals surface area (Å²) in [5, 5.41) is 9.65. The number of hydrogen-bond acceptors (Lipinski definition) is 4. The summed E-state index contributed by atoms with van der Waals surface area (Å²) >= 11 is 0. The molecular formula is C13H12N2O2. The van der Waals surface area contributed by atoms with E-state index >= 15 is 0 Å². The predicted octanol–water partition coefficient (Wildman–Crippen LogP) is 2.55. The number of rotatable bonds is 3. The van der Waals surface area contributed by atoms with Gasteiger partial charge in [0, 0.05) is 24.2 Å². The normalized spacial score (nSPS) is 10.6. The summed E-state index contributed by atoms with van der Waals surface area (Å²) in [6, 6.07) is 8.56. The summed E-state index contributed by atoms with van der Waals surface area (Å²) in [6.07, 6.45) is 4.92. The Morgan fingerprint density at radius 3 is 2.71 bits per heavy atom. The fourth-order valence-corrected chi connectivity index (χ4v) is 1.34. The van der Waals surface area contributed by atoms with Gasteiger partial charge in [0.15, 0.2) is 0 Å². The lowest BCUT2D eigenvalue weighted by atomic mass is 10.2. The second-order valence-corrected chi connectivity index (χ2v) is 3.39. The SMILES string of the molecule is COc1ccc(O)c(C=Nc2ccncc2)c1. The maximum atomic E-state index is 9.65. The lowest BCUT2D eigenvalue weighted by Crippen LogP contribution is -1.87. The van der Waals surface area contributed by atoms with Gasteiger partial charge in [0.25, 0.3) is 0 Å². The Hall–Kier alpha value is -2.36. The molecule has 0 atom stereocenters. The van der Waals surface area contributed by atoms with Crippen LogP contribution >= 0.6 is 0 Å². The van der Waals surface area contributed by atoms with E-state index in [0.29, 0.717) is 11.3 Å². The highest BCUT2D eigenvalue weighted by Gasteiger charge is 2.00. The molecule has 4 nitrogen and oxygen atoms in total. The number of aromatic hydroxyl groups is 1. The Morgan fingerprint density at radius 2 is 2.00 bits per heavy atom. The minimum Gasteiger partial charge on any atom is -0.507 e. The van der Waals surface area contributed by atoms with Gasteiger partial charge in [0.1, 0.15) is 11.5 Å². The number of aromatic nitrogens is 1. The largest absolute Gasteiger partial charge is 0.507 e. The van der Waals surface area contributed by atoms with Crippen LogP contribution in [0.5, 0.6) is 11.5 Å². The lowest BCUT2D eigenvalue weighted by Gasteiger charge is -2.02. The van der Waals surface area contributed by atoms with Crippen molar-refractivity contribution in [3.05, 3.63) is 48.3 Å². The first kappa shape index (κ1) is 11.1. The van der Waals surface area contributed by atoms with E-state index in [1.165, 1.54) is 0 Å². The van der Waals surface area contributed by atoms with Gasteiger partial charge >= 0.3 is 0 Å². The number of phenolic OH excluding ortho intramolecular Hbond substituents is 1. The zero-order valence-corrected chi connectivity index (χ0v) is 9.37. The second-order valence-electron chi connectivity index (χ2n) is 3.39. The molecular weight excluding hydrogens is 216 g/mol. The molecule has 0 amide bonds. The van der Waals surface area contributed by atoms with Crippen LogP contribution in [-0.2, 0) is 0 Å². The topological polar surface area (TPSA) is 54.7 Å². The first-order valence-electron chi connectivity index (χ1n) is 5.10. The molecule has 0 saturated heterocycles. The van der Waals surface area contributed by atoms with Gasteiger partial charge in [0.2, 0.25) is 0 Å². The number of nitrogens with zero attached hydrogens (tertiary/aromatic N) is 2. The quantitative estimate of drug-likeness (QED) is 0.821. The Labute approximate surface area is 99.2 Å². The van der Waals surface area contributed by atoms with E-state index in [0.717, 1.165) is 5.69 Å². The minimum atomic E-state index is 0.170. The zero-order chi connectivity index (χ0) is 12.1. The number of aliphatic imine (C=N–C) groups is 1. The molecule has 0 radical (unpaired) electrons. The molecule has 0 spiro atoms. The third-order valence-electron chi connectivity index (χ3n) is 2.25. The van der Waals surface area contributed by atoms with Gasteiger partial charge in [-0.1, -0.05) is 0 Å². The van der Waals surface area contributed by atoms with Crippen LogP contribution in [0.15, 0.2) is 47.7 Å². The molecule has 0 aliphatic carbocycles. The Morgan fingerprint density at radius 1 is 1.24 bits per heavy atom. The van der Waals surface area contributed by atoms with Crippen LogP contribution in [0, 0.1) is 0 Å². The van der Waals surface area contributed by atoms with E-state index in [1.54, 1.807) is 56.0 Å². The van der Waals surface area contributed by atoms with Crippen molar-refractivity contribution in [1.82, 2.24) is 4.98 Å². The molecule has 0 fully saturated rings. The Bertz CT molecular complexity index is 524. The van der Waals surface area contributed by atoms with Crippen molar-refractivity contribution in [2.75, 3.05) is 7.11 Å². The van der Waals surface area contributed by atoms with Crippen molar-refractivity contribution in [1.29, 1.82) is 0 Å². The van der Waals surface area contributed by atoms with Gasteiger partial charge in [0.05, 0.1) is 12.8 Å². The van der Waals surface area contributed by atoms with E-state index < -0.39 is 0 Å². The smallest absolute Gasteiger partial charge is 0.124 e. The van der Waals surface area contributed by atoms with Crippen LogP contribution in [0.2, 0.25) is 0 Å². The predicted molar refractivity (Wildman–Crippen MR) is 66.1 cm³/mol. The van der Waals surface area contributed by atoms with Gasteiger partial charge in [-0.3, -0.25) is 9.98 Å². The summed E-state index contributed by atoms with van der Waals surface area (Å²) in [4.78, 5) is 8.13. The molecule has 86 valence electrons. The molecule has 0 saturated carbocycles. The molecule has 2 rings (SSSR count). The molecule has 1 aromatic carbocycles. The summed E-state index contributed by atoms with van der Waals surface area (Å²) in [7, 11) is 1.58. The van der Waals surface area contributed by atoms with Crippen LogP contribution in [-0.4, -0.2) is 23.4 Å². The van der Waals surface area contributed by atoms with Crippen molar-refractivity contribution in [2.24, 2.45) is 4.99 Å². The van der Waals surface area contributed by atoms with Crippen molar-refractivity contribution >= 4 is 11.9 Å². The van der Waals surface area contributed by atoms with Crippen LogP contribution in [0.3, 0.4) is 0 Å². The molecule has 17 heavy (non-hydrogen) atoms. The molecule has 2 aromatic rings. The molecule has 4 heteroatoms. The van der Waals surface area contributed by atoms with Crippen molar-refractivity contribution < 1.29 is 9.84 Å². The van der Waals surface area contributed by atoms with Gasteiger partial charge in [-0.15, -0.1) is 0 Å². The summed E-state index contributed by atoms with van der Waals surface area (Å²) < 4.78 is 5.08. The second kappa shape index (κ2) is 5.12. The number of hydrogen-bond donors (Lipinski definition) is 1. The summed E-state index contributed by atoms with van der Waals surface area (Å²) in [5.41, 5.74) is 1.39. The number of phenols is 1. The van der Waals surface area contributed by atoms with Gasteiger partial charge < -0.3 is 9.84 Å². The van der Waals surface area contributed by atoms with Gasteiger partial charge in [-0.2, -0.15) is 0 Å². The number of benzene rings is 1. The van der Waals surface area contributed by atoms with Crippen molar-refractivity contribution in [3.63, 3.8) is 0 Å². The maximum absolute atomic E-state index is 9.65. The van der Waals surface area contributed by atoms with E-state index in [2.05, 4.69) is 9.98 Å². The highest BCUT2D eigenvalue weighted by atomic mass is 16.5. The highest BCUT2D eigenvalue weighted by molar-refractivity contribution is 5.85. The third-order valence-corrected chi connectivity index (χ3v) is 2.25. The molecule has 0 unspecified atom stereocenters. The van der Waals surface area contributed by atoms with E-state index in [-0.39, 0.29) is 5.75 Å². The molecule has 1 aromatic heterocycles. The van der Waals surface area contributed by atoms with Crippen LogP contribution in [0.1, 0.15) is 5.56 Å². The van der Waals surface area contributed by atoms with Gasteiger partial charge in [-0.05, 0) is 30.3 Å². The van der Waals surface area contributed by atoms with Crippen LogP contribution in [0.4, 0.5) is 5.69 Å². The number of pyridine rings is 1. The maximum Gasteiger partial charge on any atom is 0.124 e. The van der Waals surface area contributed by atoms with Gasteiger partial charge in [-0.25, -0.2) is 0 Å². The Kier molecular flexibility index (Phi) is 3.35. The zero-order valence-electron chi connectivity index (χ0n) is 9.37. The van der Waals surface area contributed by atoms with Crippen molar-refractivity contribution in [2.45, 2.75) is 0 Å².